The van der Waals surface area contributed by atoms with Crippen LogP contribution >= 0.6 is 0 Å². The van der Waals surface area contributed by atoms with Gasteiger partial charge in [-0.2, -0.15) is 0 Å². The van der Waals surface area contributed by atoms with Gasteiger partial charge in [-0.1, -0.05) is 24.3 Å². The quantitative estimate of drug-likeness (QED) is 0.589. The van der Waals surface area contributed by atoms with Crippen molar-refractivity contribution in [2.75, 3.05) is 27.2 Å². The zero-order valence-corrected chi connectivity index (χ0v) is 15.4. The summed E-state index contributed by atoms with van der Waals surface area (Å²) in [5, 5.41) is 13.6. The van der Waals surface area contributed by atoms with Crippen molar-refractivity contribution in [2.24, 2.45) is 4.99 Å². The van der Waals surface area contributed by atoms with E-state index in [1.807, 2.05) is 49.2 Å². The van der Waals surface area contributed by atoms with Crippen LogP contribution in [0, 0.1) is 5.82 Å². The molecule has 0 bridgehead atoms. The van der Waals surface area contributed by atoms with Gasteiger partial charge in [0, 0.05) is 20.1 Å². The lowest BCUT2D eigenvalue weighted by atomic mass is 10.1. The van der Waals surface area contributed by atoms with Crippen molar-refractivity contribution in [3.8, 4) is 5.75 Å². The van der Waals surface area contributed by atoms with Crippen molar-refractivity contribution in [1.82, 2.24) is 10.2 Å². The lowest BCUT2D eigenvalue weighted by Gasteiger charge is -2.22. The van der Waals surface area contributed by atoms with E-state index in [1.54, 1.807) is 13.2 Å². The smallest absolute Gasteiger partial charge is 0.194 e. The molecule has 2 aromatic carbocycles. The fourth-order valence-corrected chi connectivity index (χ4v) is 2.56. The predicted octanol–water partition coefficient (Wildman–Crippen LogP) is 2.97. The molecule has 0 saturated heterocycles. The van der Waals surface area contributed by atoms with E-state index in [9.17, 15) is 9.50 Å². The highest BCUT2D eigenvalue weighted by Gasteiger charge is 2.11. The molecule has 0 amide bonds. The molecule has 1 atom stereocenters. The van der Waals surface area contributed by atoms with E-state index < -0.39 is 6.10 Å². The SMILES string of the molecule is CCNC(=NCC(O)c1ccc(OC)cc1)N(C)Cc1cccc(F)c1. The Labute approximate surface area is 154 Å². The summed E-state index contributed by atoms with van der Waals surface area (Å²) in [5.41, 5.74) is 1.63. The first-order chi connectivity index (χ1) is 12.5. The van der Waals surface area contributed by atoms with Crippen LogP contribution < -0.4 is 10.1 Å². The third-order valence-electron chi connectivity index (χ3n) is 3.92. The van der Waals surface area contributed by atoms with Crippen LogP contribution in [0.2, 0.25) is 0 Å². The highest BCUT2D eigenvalue weighted by atomic mass is 19.1. The van der Waals surface area contributed by atoms with Gasteiger partial charge >= 0.3 is 0 Å². The molecule has 26 heavy (non-hydrogen) atoms. The van der Waals surface area contributed by atoms with Crippen LogP contribution in [-0.4, -0.2) is 43.2 Å². The van der Waals surface area contributed by atoms with Gasteiger partial charge in [-0.05, 0) is 42.3 Å². The number of hydrogen-bond donors (Lipinski definition) is 2. The van der Waals surface area contributed by atoms with Crippen molar-refractivity contribution in [3.63, 3.8) is 0 Å². The van der Waals surface area contributed by atoms with Crippen LogP contribution in [0.5, 0.6) is 5.75 Å². The molecule has 0 aliphatic rings. The number of ether oxygens (including phenoxy) is 1. The molecule has 5 nitrogen and oxygen atoms in total. The van der Waals surface area contributed by atoms with Crippen molar-refractivity contribution in [3.05, 3.63) is 65.5 Å². The van der Waals surface area contributed by atoms with Crippen LogP contribution in [0.4, 0.5) is 4.39 Å². The fraction of sp³-hybridized carbons (Fsp3) is 0.350. The highest BCUT2D eigenvalue weighted by molar-refractivity contribution is 5.79. The average Bonchev–Trinajstić information content (AvgIpc) is 2.64. The van der Waals surface area contributed by atoms with Gasteiger partial charge in [0.05, 0.1) is 19.8 Å². The van der Waals surface area contributed by atoms with Gasteiger partial charge in [-0.3, -0.25) is 4.99 Å². The van der Waals surface area contributed by atoms with Crippen molar-refractivity contribution < 1.29 is 14.2 Å². The Hall–Kier alpha value is -2.60. The lowest BCUT2D eigenvalue weighted by molar-refractivity contribution is 0.186. The van der Waals surface area contributed by atoms with Gasteiger partial charge in [0.25, 0.3) is 0 Å². The number of aliphatic hydroxyl groups is 1. The number of nitrogens with one attached hydrogen (secondary N) is 1. The van der Waals surface area contributed by atoms with Crippen molar-refractivity contribution in [2.45, 2.75) is 19.6 Å². The van der Waals surface area contributed by atoms with E-state index in [2.05, 4.69) is 10.3 Å². The summed E-state index contributed by atoms with van der Waals surface area (Å²) >= 11 is 0. The molecule has 0 aromatic heterocycles. The molecule has 2 aromatic rings. The largest absolute Gasteiger partial charge is 0.497 e. The Bertz CT molecular complexity index is 719. The molecule has 0 aliphatic heterocycles. The summed E-state index contributed by atoms with van der Waals surface area (Å²) < 4.78 is 18.5. The Morgan fingerprint density at radius 3 is 2.62 bits per heavy atom. The summed E-state index contributed by atoms with van der Waals surface area (Å²) in [6, 6.07) is 13.8. The van der Waals surface area contributed by atoms with Crippen LogP contribution in [0.25, 0.3) is 0 Å². The second-order valence-corrected chi connectivity index (χ2v) is 5.97. The first-order valence-corrected chi connectivity index (χ1v) is 8.59. The van der Waals surface area contributed by atoms with Crippen LogP contribution in [0.3, 0.4) is 0 Å². The summed E-state index contributed by atoms with van der Waals surface area (Å²) in [6.07, 6.45) is -0.711. The molecule has 0 aliphatic carbocycles. The summed E-state index contributed by atoms with van der Waals surface area (Å²) in [4.78, 5) is 6.41. The maximum Gasteiger partial charge on any atom is 0.194 e. The predicted molar refractivity (Wildman–Crippen MR) is 102 cm³/mol. The van der Waals surface area contributed by atoms with E-state index in [-0.39, 0.29) is 12.4 Å². The van der Waals surface area contributed by atoms with Crippen LogP contribution in [0.15, 0.2) is 53.5 Å². The number of aliphatic imine (C=N–C) groups is 1. The molecular weight excluding hydrogens is 333 g/mol. The van der Waals surface area contributed by atoms with E-state index >= 15 is 0 Å². The zero-order chi connectivity index (χ0) is 18.9. The minimum atomic E-state index is -0.711. The highest BCUT2D eigenvalue weighted by Crippen LogP contribution is 2.18. The molecule has 0 saturated carbocycles. The second-order valence-electron chi connectivity index (χ2n) is 5.97. The first kappa shape index (κ1) is 19.7. The lowest BCUT2D eigenvalue weighted by Crippen LogP contribution is -2.38. The van der Waals surface area contributed by atoms with Gasteiger partial charge in [0.1, 0.15) is 11.6 Å². The number of aliphatic hydroxyl groups excluding tert-OH is 1. The first-order valence-electron chi connectivity index (χ1n) is 8.59. The minimum Gasteiger partial charge on any atom is -0.497 e. The number of rotatable bonds is 7. The van der Waals surface area contributed by atoms with Crippen molar-refractivity contribution >= 4 is 5.96 Å². The number of methoxy groups -OCH3 is 1. The minimum absolute atomic E-state index is 0.224. The van der Waals surface area contributed by atoms with Crippen LogP contribution in [-0.2, 0) is 6.54 Å². The van der Waals surface area contributed by atoms with E-state index in [4.69, 9.17) is 4.74 Å². The Morgan fingerprint density at radius 1 is 1.27 bits per heavy atom. The molecule has 140 valence electrons. The van der Waals surface area contributed by atoms with E-state index in [0.29, 0.717) is 19.0 Å². The molecule has 1 unspecified atom stereocenters. The maximum absolute atomic E-state index is 13.4. The molecule has 0 radical (unpaired) electrons. The molecule has 2 rings (SSSR count). The van der Waals surface area contributed by atoms with Gasteiger partial charge in [0.15, 0.2) is 5.96 Å². The number of hydrogen-bond acceptors (Lipinski definition) is 3. The maximum atomic E-state index is 13.4. The Morgan fingerprint density at radius 2 is 2.00 bits per heavy atom. The van der Waals surface area contributed by atoms with Gasteiger partial charge in [-0.15, -0.1) is 0 Å². The summed E-state index contributed by atoms with van der Waals surface area (Å²) in [5.74, 6) is 1.14. The van der Waals surface area contributed by atoms with Crippen molar-refractivity contribution in [1.29, 1.82) is 0 Å². The Kier molecular flexibility index (Phi) is 7.41. The van der Waals surface area contributed by atoms with Gasteiger partial charge in [-0.25, -0.2) is 4.39 Å². The van der Waals surface area contributed by atoms with Crippen LogP contribution in [0.1, 0.15) is 24.2 Å². The molecular formula is C20H26FN3O2. The van der Waals surface area contributed by atoms with E-state index in [0.717, 1.165) is 16.9 Å². The molecule has 6 heteroatoms. The summed E-state index contributed by atoms with van der Waals surface area (Å²) in [6.45, 7) is 3.42. The average molecular weight is 359 g/mol. The van der Waals surface area contributed by atoms with Gasteiger partial charge in [0.2, 0.25) is 0 Å². The normalized spacial score (nSPS) is 12.6. The number of guanidine groups is 1. The standard InChI is InChI=1S/C20H26FN3O2/c1-4-22-20(24(2)14-15-6-5-7-17(21)12-15)23-13-19(25)16-8-10-18(26-3)11-9-16/h5-12,19,25H,4,13-14H2,1-3H3,(H,22,23). The topological polar surface area (TPSA) is 57.1 Å². The third-order valence-corrected chi connectivity index (χ3v) is 3.92. The third kappa shape index (κ3) is 5.74. The number of benzene rings is 2. The Balaban J connectivity index is 2.04. The fourth-order valence-electron chi connectivity index (χ4n) is 2.56. The number of nitrogens with zero attached hydrogens (tertiary/aromatic N) is 2. The molecule has 0 spiro atoms. The summed E-state index contributed by atoms with van der Waals surface area (Å²) in [7, 11) is 3.49. The van der Waals surface area contributed by atoms with Gasteiger partial charge < -0.3 is 20.1 Å². The monoisotopic (exact) mass is 359 g/mol. The molecule has 0 heterocycles. The zero-order valence-electron chi connectivity index (χ0n) is 15.4. The number of halogens is 1. The second kappa shape index (κ2) is 9.77. The molecule has 2 N–H and O–H groups in total. The molecule has 0 fully saturated rings. The van der Waals surface area contributed by atoms with E-state index in [1.165, 1.54) is 12.1 Å².